The molecule has 1 fully saturated rings. The van der Waals surface area contributed by atoms with Crippen molar-refractivity contribution in [3.8, 4) is 0 Å². The second-order valence-corrected chi connectivity index (χ2v) is 2.29. The highest BCUT2D eigenvalue weighted by Crippen LogP contribution is 2.28. The summed E-state index contributed by atoms with van der Waals surface area (Å²) in [5, 5.41) is 2.39. The summed E-state index contributed by atoms with van der Waals surface area (Å²) in [6.45, 7) is 0.597. The zero-order valence-corrected chi connectivity index (χ0v) is 5.52. The molecule has 9 heavy (non-hydrogen) atoms. The molecule has 1 N–H and O–H groups in total. The number of ether oxygens (including phenoxy) is 1. The number of rotatable bonds is 2. The maximum absolute atomic E-state index is 10.4. The summed E-state index contributed by atoms with van der Waals surface area (Å²) in [5.41, 5.74) is 0. The third-order valence-corrected chi connectivity index (χ3v) is 1.35. The van der Waals surface area contributed by atoms with Crippen molar-refractivity contribution < 1.29 is 9.53 Å². The minimum absolute atomic E-state index is 0.318. The average molecular weight is 129 g/mol. The van der Waals surface area contributed by atoms with E-state index in [4.69, 9.17) is 4.74 Å². The molecular weight excluding hydrogens is 118 g/mol. The van der Waals surface area contributed by atoms with Crippen LogP contribution in [-0.2, 0) is 4.74 Å². The number of amides is 1. The lowest BCUT2D eigenvalue weighted by atomic mass is 10.5. The van der Waals surface area contributed by atoms with E-state index >= 15 is 0 Å². The van der Waals surface area contributed by atoms with E-state index in [0.29, 0.717) is 12.5 Å². The molecule has 3 heteroatoms. The quantitative estimate of drug-likeness (QED) is 0.597. The smallest absolute Gasteiger partial charge is 0.406 e. The van der Waals surface area contributed by atoms with Gasteiger partial charge in [0.25, 0.3) is 0 Å². The number of carbonyl (C=O) groups is 1. The Morgan fingerprint density at radius 1 is 1.78 bits per heavy atom. The SMILES string of the molecule is CNC(=O)OCC1CC1. The third kappa shape index (κ3) is 2.35. The van der Waals surface area contributed by atoms with Crippen LogP contribution in [0.3, 0.4) is 0 Å². The Kier molecular flexibility index (Phi) is 1.92. The second-order valence-electron chi connectivity index (χ2n) is 2.29. The number of alkyl carbamates (subject to hydrolysis) is 1. The number of hydrogen-bond acceptors (Lipinski definition) is 2. The van der Waals surface area contributed by atoms with Crippen LogP contribution in [0.15, 0.2) is 0 Å². The molecule has 1 rings (SSSR count). The lowest BCUT2D eigenvalue weighted by Gasteiger charge is -1.99. The van der Waals surface area contributed by atoms with Gasteiger partial charge in [0.1, 0.15) is 0 Å². The Morgan fingerprint density at radius 2 is 2.44 bits per heavy atom. The largest absolute Gasteiger partial charge is 0.449 e. The van der Waals surface area contributed by atoms with Crippen molar-refractivity contribution in [1.82, 2.24) is 5.32 Å². The summed E-state index contributed by atoms with van der Waals surface area (Å²) < 4.78 is 4.77. The molecule has 0 bridgehead atoms. The normalized spacial score (nSPS) is 17.0. The maximum atomic E-state index is 10.4. The first kappa shape index (κ1) is 6.39. The molecule has 0 unspecified atom stereocenters. The molecule has 1 amide bonds. The molecule has 52 valence electrons. The molecule has 0 heterocycles. The number of nitrogens with one attached hydrogen (secondary N) is 1. The van der Waals surface area contributed by atoms with Gasteiger partial charge in [0.2, 0.25) is 0 Å². The van der Waals surface area contributed by atoms with Crippen LogP contribution in [0.5, 0.6) is 0 Å². The molecule has 0 spiro atoms. The molecular formula is C6H11NO2. The lowest BCUT2D eigenvalue weighted by molar-refractivity contribution is 0.143. The van der Waals surface area contributed by atoms with E-state index in [1.807, 2.05) is 0 Å². The number of carbonyl (C=O) groups excluding carboxylic acids is 1. The fraction of sp³-hybridized carbons (Fsp3) is 0.833. The summed E-state index contributed by atoms with van der Waals surface area (Å²) >= 11 is 0. The van der Waals surface area contributed by atoms with E-state index in [9.17, 15) is 4.79 Å². The molecule has 0 aliphatic heterocycles. The van der Waals surface area contributed by atoms with E-state index in [1.165, 1.54) is 12.8 Å². The zero-order chi connectivity index (χ0) is 6.69. The lowest BCUT2D eigenvalue weighted by Crippen LogP contribution is -2.20. The predicted molar refractivity (Wildman–Crippen MR) is 33.1 cm³/mol. The highest BCUT2D eigenvalue weighted by molar-refractivity contribution is 5.66. The fourth-order valence-corrected chi connectivity index (χ4v) is 0.550. The maximum Gasteiger partial charge on any atom is 0.406 e. The first-order valence-corrected chi connectivity index (χ1v) is 3.17. The van der Waals surface area contributed by atoms with Gasteiger partial charge in [0.15, 0.2) is 0 Å². The summed E-state index contributed by atoms with van der Waals surface area (Å²) in [6, 6.07) is 0. The summed E-state index contributed by atoms with van der Waals surface area (Å²) in [6.07, 6.45) is 2.12. The van der Waals surface area contributed by atoms with Gasteiger partial charge in [-0.3, -0.25) is 0 Å². The van der Waals surface area contributed by atoms with Crippen LogP contribution in [-0.4, -0.2) is 19.7 Å². The molecule has 0 aromatic rings. The molecule has 1 aliphatic carbocycles. The van der Waals surface area contributed by atoms with Crippen LogP contribution in [0.2, 0.25) is 0 Å². The van der Waals surface area contributed by atoms with E-state index in [2.05, 4.69) is 5.32 Å². The highest BCUT2D eigenvalue weighted by atomic mass is 16.5. The Morgan fingerprint density at radius 3 is 2.89 bits per heavy atom. The molecule has 0 aromatic carbocycles. The van der Waals surface area contributed by atoms with Gasteiger partial charge in [0.05, 0.1) is 6.61 Å². The minimum Gasteiger partial charge on any atom is -0.449 e. The van der Waals surface area contributed by atoms with Crippen molar-refractivity contribution in [3.63, 3.8) is 0 Å². The van der Waals surface area contributed by atoms with Crippen molar-refractivity contribution >= 4 is 6.09 Å². The molecule has 3 nitrogen and oxygen atoms in total. The van der Waals surface area contributed by atoms with Crippen LogP contribution < -0.4 is 5.32 Å². The van der Waals surface area contributed by atoms with Crippen LogP contribution in [0, 0.1) is 5.92 Å². The molecule has 0 saturated heterocycles. The molecule has 0 aromatic heterocycles. The van der Waals surface area contributed by atoms with E-state index in [-0.39, 0.29) is 6.09 Å². The highest BCUT2D eigenvalue weighted by Gasteiger charge is 2.22. The minimum atomic E-state index is -0.318. The summed E-state index contributed by atoms with van der Waals surface area (Å²) in [7, 11) is 1.56. The Hall–Kier alpha value is -0.730. The van der Waals surface area contributed by atoms with E-state index < -0.39 is 0 Å². The molecule has 1 aliphatic rings. The van der Waals surface area contributed by atoms with Crippen LogP contribution in [0.1, 0.15) is 12.8 Å². The van der Waals surface area contributed by atoms with Gasteiger partial charge in [-0.2, -0.15) is 0 Å². The molecule has 0 atom stereocenters. The van der Waals surface area contributed by atoms with Crippen molar-refractivity contribution in [2.45, 2.75) is 12.8 Å². The van der Waals surface area contributed by atoms with Gasteiger partial charge in [-0.25, -0.2) is 4.79 Å². The standard InChI is InChI=1S/C6H11NO2/c1-7-6(8)9-4-5-2-3-5/h5H,2-4H2,1H3,(H,7,8). The summed E-state index contributed by atoms with van der Waals surface area (Å²) in [4.78, 5) is 10.4. The van der Waals surface area contributed by atoms with Gasteiger partial charge in [-0.15, -0.1) is 0 Å². The van der Waals surface area contributed by atoms with Crippen LogP contribution in [0.4, 0.5) is 4.79 Å². The second kappa shape index (κ2) is 2.71. The Labute approximate surface area is 54.4 Å². The van der Waals surface area contributed by atoms with E-state index in [1.54, 1.807) is 7.05 Å². The third-order valence-electron chi connectivity index (χ3n) is 1.35. The number of hydrogen-bond donors (Lipinski definition) is 1. The topological polar surface area (TPSA) is 38.3 Å². The Balaban J connectivity index is 1.96. The van der Waals surface area contributed by atoms with Gasteiger partial charge in [-0.05, 0) is 18.8 Å². The first-order valence-electron chi connectivity index (χ1n) is 3.17. The molecule has 0 radical (unpaired) electrons. The van der Waals surface area contributed by atoms with Crippen molar-refractivity contribution in [3.05, 3.63) is 0 Å². The van der Waals surface area contributed by atoms with Crippen LogP contribution in [0.25, 0.3) is 0 Å². The Bertz CT molecular complexity index is 110. The predicted octanol–water partition coefficient (Wildman–Crippen LogP) is 0.752. The molecule has 1 saturated carbocycles. The first-order chi connectivity index (χ1) is 4.33. The fourth-order valence-electron chi connectivity index (χ4n) is 0.550. The zero-order valence-electron chi connectivity index (χ0n) is 5.52. The van der Waals surface area contributed by atoms with Gasteiger partial charge >= 0.3 is 6.09 Å². The van der Waals surface area contributed by atoms with Crippen molar-refractivity contribution in [1.29, 1.82) is 0 Å². The van der Waals surface area contributed by atoms with Crippen molar-refractivity contribution in [2.24, 2.45) is 5.92 Å². The monoisotopic (exact) mass is 129 g/mol. The van der Waals surface area contributed by atoms with Gasteiger partial charge in [-0.1, -0.05) is 0 Å². The van der Waals surface area contributed by atoms with Gasteiger partial charge in [0, 0.05) is 7.05 Å². The van der Waals surface area contributed by atoms with Gasteiger partial charge < -0.3 is 10.1 Å². The van der Waals surface area contributed by atoms with Crippen molar-refractivity contribution in [2.75, 3.05) is 13.7 Å². The van der Waals surface area contributed by atoms with Crippen LogP contribution >= 0.6 is 0 Å². The van der Waals surface area contributed by atoms with E-state index in [0.717, 1.165) is 0 Å². The average Bonchev–Trinajstić information content (AvgIpc) is 2.65. The summed E-state index contributed by atoms with van der Waals surface area (Å²) in [5.74, 6) is 0.655.